The molecule has 1 unspecified atom stereocenters. The van der Waals surface area contributed by atoms with E-state index in [1.165, 1.54) is 31.2 Å². The number of dihydropyridines is 1. The quantitative estimate of drug-likeness (QED) is 0.392. The zero-order valence-corrected chi connectivity index (χ0v) is 17.5. The number of nitro groups is 1. The highest BCUT2D eigenvalue weighted by Crippen LogP contribution is 2.40. The van der Waals surface area contributed by atoms with Gasteiger partial charge in [0.2, 0.25) is 0 Å². The van der Waals surface area contributed by atoms with Crippen LogP contribution in [0.25, 0.3) is 0 Å². The second-order valence-electron chi connectivity index (χ2n) is 7.56. The topological polar surface area (TPSA) is 120 Å². The Morgan fingerprint density at radius 3 is 2.47 bits per heavy atom. The number of carbonyl (C=O) groups excluding carboxylic acids is 2. The van der Waals surface area contributed by atoms with Crippen LogP contribution >= 0.6 is 0 Å². The number of ether oxygens (including phenoxy) is 2. The minimum atomic E-state index is -3.02. The number of allylic oxidation sites excluding steroid dienone is 2. The van der Waals surface area contributed by atoms with E-state index in [0.717, 1.165) is 0 Å². The third-order valence-electron chi connectivity index (χ3n) is 4.68. The third-order valence-corrected chi connectivity index (χ3v) is 4.68. The van der Waals surface area contributed by atoms with Gasteiger partial charge in [-0.25, -0.2) is 9.59 Å². The molecule has 162 valence electrons. The van der Waals surface area contributed by atoms with Gasteiger partial charge in [-0.3, -0.25) is 10.1 Å². The first-order valence-corrected chi connectivity index (χ1v) is 9.21. The lowest BCUT2D eigenvalue weighted by Gasteiger charge is -2.32. The number of esters is 2. The molecular formula is C21H27N3O6. The first-order valence-electron chi connectivity index (χ1n) is 10.7. The molecule has 0 fully saturated rings. The molecule has 0 aromatic heterocycles. The maximum absolute atomic E-state index is 13.3. The SMILES string of the molecule is [2H]C([2H])([2H])OC(=O)C1=C(C)NC(C)=C(C(=O)OC(C)(C)CNC)C1c1cccc([N+](=O)[O-])c1. The second kappa shape index (κ2) is 9.08. The van der Waals surface area contributed by atoms with Gasteiger partial charge in [-0.15, -0.1) is 0 Å². The van der Waals surface area contributed by atoms with Gasteiger partial charge in [0, 0.05) is 30.1 Å². The molecule has 1 aromatic rings. The summed E-state index contributed by atoms with van der Waals surface area (Å²) in [6.45, 7) is 6.85. The number of likely N-dealkylation sites (N-methyl/N-ethyl adjacent to an activating group) is 1. The molecule has 0 amide bonds. The summed E-state index contributed by atoms with van der Waals surface area (Å²) in [7, 11) is -1.33. The maximum Gasteiger partial charge on any atom is 0.337 e. The Bertz CT molecular complexity index is 1030. The van der Waals surface area contributed by atoms with Crippen LogP contribution in [0.1, 0.15) is 43.3 Å². The molecule has 0 bridgehead atoms. The molecule has 0 saturated carbocycles. The minimum absolute atomic E-state index is 0.0165. The lowest BCUT2D eigenvalue weighted by molar-refractivity contribution is -0.384. The number of nitrogens with one attached hydrogen (secondary N) is 2. The third kappa shape index (κ3) is 4.85. The molecule has 2 rings (SSSR count). The van der Waals surface area contributed by atoms with Crippen molar-refractivity contribution in [2.24, 2.45) is 0 Å². The van der Waals surface area contributed by atoms with Crippen molar-refractivity contribution >= 4 is 17.6 Å². The van der Waals surface area contributed by atoms with Crippen LogP contribution in [0.3, 0.4) is 0 Å². The highest BCUT2D eigenvalue weighted by atomic mass is 16.6. The van der Waals surface area contributed by atoms with E-state index in [1.54, 1.807) is 27.8 Å². The number of hydrogen-bond donors (Lipinski definition) is 2. The predicted molar refractivity (Wildman–Crippen MR) is 110 cm³/mol. The van der Waals surface area contributed by atoms with E-state index >= 15 is 0 Å². The Hall–Kier alpha value is -3.20. The summed E-state index contributed by atoms with van der Waals surface area (Å²) in [6, 6.07) is 5.43. The van der Waals surface area contributed by atoms with Gasteiger partial charge in [-0.2, -0.15) is 0 Å². The van der Waals surface area contributed by atoms with Crippen LogP contribution < -0.4 is 10.6 Å². The van der Waals surface area contributed by atoms with Crippen molar-refractivity contribution < 1.29 is 28.1 Å². The molecule has 1 aromatic carbocycles. The van der Waals surface area contributed by atoms with E-state index < -0.39 is 35.4 Å². The summed E-state index contributed by atoms with van der Waals surface area (Å²) >= 11 is 0. The molecule has 30 heavy (non-hydrogen) atoms. The van der Waals surface area contributed by atoms with Crippen molar-refractivity contribution in [3.63, 3.8) is 0 Å². The van der Waals surface area contributed by atoms with E-state index in [2.05, 4.69) is 15.4 Å². The molecule has 1 aliphatic rings. The minimum Gasteiger partial charge on any atom is -0.466 e. The molecule has 0 saturated heterocycles. The number of benzene rings is 1. The largest absolute Gasteiger partial charge is 0.466 e. The molecule has 1 heterocycles. The van der Waals surface area contributed by atoms with Crippen LogP contribution in [-0.4, -0.2) is 43.1 Å². The Morgan fingerprint density at radius 1 is 1.27 bits per heavy atom. The van der Waals surface area contributed by atoms with Crippen molar-refractivity contribution in [2.75, 3.05) is 20.6 Å². The lowest BCUT2D eigenvalue weighted by Crippen LogP contribution is -2.40. The van der Waals surface area contributed by atoms with Crippen LogP contribution in [0.2, 0.25) is 0 Å². The van der Waals surface area contributed by atoms with E-state index in [1.807, 2.05) is 0 Å². The van der Waals surface area contributed by atoms with E-state index in [0.29, 0.717) is 12.2 Å². The standard InChI is InChI=1S/C21H27N3O6/c1-12-16(19(25)29-6)18(14-8-7-9-15(10-14)24(27)28)17(13(2)23-12)20(26)30-21(3,4)11-22-5/h7-10,18,22-23H,11H2,1-6H3/i6D3. The Balaban J connectivity index is 2.67. The van der Waals surface area contributed by atoms with Crippen LogP contribution in [0, 0.1) is 10.1 Å². The first-order chi connectivity index (χ1) is 15.2. The number of carbonyl (C=O) groups is 2. The molecule has 1 aliphatic heterocycles. The Kier molecular flexibility index (Phi) is 5.69. The van der Waals surface area contributed by atoms with Crippen LogP contribution in [0.4, 0.5) is 5.69 Å². The van der Waals surface area contributed by atoms with Crippen LogP contribution in [0.15, 0.2) is 46.8 Å². The van der Waals surface area contributed by atoms with Crippen molar-refractivity contribution in [1.29, 1.82) is 0 Å². The van der Waals surface area contributed by atoms with Gasteiger partial charge in [0.1, 0.15) is 5.60 Å². The normalized spacial score (nSPS) is 18.7. The molecule has 1 atom stereocenters. The van der Waals surface area contributed by atoms with Gasteiger partial charge in [-0.05, 0) is 40.3 Å². The molecule has 9 heteroatoms. The summed E-state index contributed by atoms with van der Waals surface area (Å²) in [5, 5.41) is 17.2. The van der Waals surface area contributed by atoms with E-state index in [-0.39, 0.29) is 28.1 Å². The van der Waals surface area contributed by atoms with Gasteiger partial charge in [0.15, 0.2) is 0 Å². The first kappa shape index (κ1) is 18.8. The zero-order valence-electron chi connectivity index (χ0n) is 20.5. The van der Waals surface area contributed by atoms with Gasteiger partial charge in [0.05, 0.1) is 33.1 Å². The van der Waals surface area contributed by atoms with Gasteiger partial charge in [-0.1, -0.05) is 12.1 Å². The molecule has 0 spiro atoms. The number of non-ortho nitro benzene ring substituents is 1. The highest BCUT2D eigenvalue weighted by molar-refractivity contribution is 6.00. The fourth-order valence-electron chi connectivity index (χ4n) is 3.51. The summed E-state index contributed by atoms with van der Waals surface area (Å²) in [6.07, 6.45) is 0. The van der Waals surface area contributed by atoms with Gasteiger partial charge in [0.25, 0.3) is 5.69 Å². The average Bonchev–Trinajstić information content (AvgIpc) is 2.65. The van der Waals surface area contributed by atoms with Gasteiger partial charge >= 0.3 is 11.9 Å². The van der Waals surface area contributed by atoms with Crippen molar-refractivity contribution in [2.45, 2.75) is 39.2 Å². The van der Waals surface area contributed by atoms with Crippen molar-refractivity contribution in [1.82, 2.24) is 10.6 Å². The smallest absolute Gasteiger partial charge is 0.337 e. The van der Waals surface area contributed by atoms with Gasteiger partial charge < -0.3 is 20.1 Å². The summed E-state index contributed by atoms with van der Waals surface area (Å²) in [4.78, 5) is 36.9. The fraction of sp³-hybridized carbons (Fsp3) is 0.429. The number of nitrogens with zero attached hydrogens (tertiary/aromatic N) is 1. The summed E-state index contributed by atoms with van der Waals surface area (Å²) in [5.74, 6) is -3.09. The summed E-state index contributed by atoms with van der Waals surface area (Å²) in [5.41, 5.74) is -0.460. The fourth-order valence-corrected chi connectivity index (χ4v) is 3.51. The van der Waals surface area contributed by atoms with Crippen molar-refractivity contribution in [3.8, 4) is 0 Å². The van der Waals surface area contributed by atoms with Crippen molar-refractivity contribution in [3.05, 3.63) is 62.5 Å². The number of rotatable bonds is 7. The Morgan fingerprint density at radius 2 is 1.90 bits per heavy atom. The Labute approximate surface area is 179 Å². The number of methoxy groups -OCH3 is 1. The van der Waals surface area contributed by atoms with Crippen LogP contribution in [-0.2, 0) is 19.1 Å². The number of hydrogen-bond acceptors (Lipinski definition) is 8. The monoisotopic (exact) mass is 420 g/mol. The number of nitro benzene ring substituents is 1. The maximum atomic E-state index is 13.3. The highest BCUT2D eigenvalue weighted by Gasteiger charge is 2.39. The zero-order chi connectivity index (χ0) is 25.1. The molecular weight excluding hydrogens is 390 g/mol. The molecule has 0 radical (unpaired) electrons. The molecule has 0 aliphatic carbocycles. The average molecular weight is 420 g/mol. The van der Waals surface area contributed by atoms with E-state index in [9.17, 15) is 19.7 Å². The molecule has 9 nitrogen and oxygen atoms in total. The predicted octanol–water partition coefficient (Wildman–Crippen LogP) is 2.54. The summed E-state index contributed by atoms with van der Waals surface area (Å²) < 4.78 is 32.2. The second-order valence-corrected chi connectivity index (χ2v) is 7.56. The van der Waals surface area contributed by atoms with E-state index in [4.69, 9.17) is 8.85 Å². The van der Waals surface area contributed by atoms with Crippen LogP contribution in [0.5, 0.6) is 0 Å². The lowest BCUT2D eigenvalue weighted by atomic mass is 9.80. The molecule has 2 N–H and O–H groups in total.